The van der Waals surface area contributed by atoms with Gasteiger partial charge >= 0.3 is 0 Å². The van der Waals surface area contributed by atoms with Crippen LogP contribution in [0.25, 0.3) is 0 Å². The van der Waals surface area contributed by atoms with Gasteiger partial charge in [0.05, 0.1) is 0 Å². The molecule has 0 radical (unpaired) electrons. The summed E-state index contributed by atoms with van der Waals surface area (Å²) < 4.78 is 12.6. The number of hydrogen-bond acceptors (Lipinski definition) is 2. The van der Waals surface area contributed by atoms with E-state index in [2.05, 4.69) is 0 Å². The first-order chi connectivity index (χ1) is 4.83. The lowest BCUT2D eigenvalue weighted by Gasteiger charge is -2.09. The Balaban J connectivity index is 2.11. The SMILES string of the molecule is NCC(F)CC1CCCS1. The molecule has 10 heavy (non-hydrogen) atoms. The summed E-state index contributed by atoms with van der Waals surface area (Å²) in [5, 5.41) is 0.554. The van der Waals surface area contributed by atoms with Crippen molar-refractivity contribution >= 4 is 11.8 Å². The third-order valence-corrected chi connectivity index (χ3v) is 3.22. The molecule has 1 fully saturated rings. The van der Waals surface area contributed by atoms with Crippen LogP contribution in [0, 0.1) is 0 Å². The normalized spacial score (nSPS) is 28.8. The van der Waals surface area contributed by atoms with Gasteiger partial charge in [0.1, 0.15) is 6.17 Å². The van der Waals surface area contributed by atoms with E-state index in [4.69, 9.17) is 5.73 Å². The number of hydrogen-bond donors (Lipinski definition) is 1. The maximum atomic E-state index is 12.6. The molecule has 1 saturated heterocycles. The Labute approximate surface area is 65.6 Å². The molecule has 0 spiro atoms. The zero-order valence-corrected chi connectivity index (χ0v) is 6.87. The highest BCUT2D eigenvalue weighted by atomic mass is 32.2. The first kappa shape index (κ1) is 8.34. The van der Waals surface area contributed by atoms with Crippen LogP contribution in [0.4, 0.5) is 4.39 Å². The molecule has 2 unspecified atom stereocenters. The molecule has 0 amide bonds. The Morgan fingerprint density at radius 3 is 3.00 bits per heavy atom. The molecule has 0 bridgehead atoms. The van der Waals surface area contributed by atoms with Gasteiger partial charge in [0.25, 0.3) is 0 Å². The largest absolute Gasteiger partial charge is 0.328 e. The third kappa shape index (κ3) is 2.46. The number of halogens is 1. The summed E-state index contributed by atoms with van der Waals surface area (Å²) in [6.45, 7) is 0.192. The summed E-state index contributed by atoms with van der Waals surface area (Å²) in [6.07, 6.45) is 2.34. The van der Waals surface area contributed by atoms with Crippen LogP contribution >= 0.6 is 11.8 Å². The molecular weight excluding hydrogens is 149 g/mol. The van der Waals surface area contributed by atoms with Crippen molar-refractivity contribution in [3.63, 3.8) is 0 Å². The number of alkyl halides is 1. The average Bonchev–Trinajstić information content (AvgIpc) is 2.40. The van der Waals surface area contributed by atoms with Crippen molar-refractivity contribution in [1.82, 2.24) is 0 Å². The molecule has 0 aromatic rings. The standard InChI is InChI=1S/C7H14FNS/c8-6(5-9)4-7-2-1-3-10-7/h6-7H,1-5,9H2. The second kappa shape index (κ2) is 4.19. The lowest BCUT2D eigenvalue weighted by Crippen LogP contribution is -2.19. The molecule has 60 valence electrons. The molecule has 0 aliphatic carbocycles. The quantitative estimate of drug-likeness (QED) is 0.683. The van der Waals surface area contributed by atoms with Crippen LogP contribution in [0.2, 0.25) is 0 Å². The fraction of sp³-hybridized carbons (Fsp3) is 1.00. The van der Waals surface area contributed by atoms with E-state index in [1.165, 1.54) is 18.6 Å². The molecule has 1 aliphatic heterocycles. The molecule has 2 N–H and O–H groups in total. The van der Waals surface area contributed by atoms with Crippen LogP contribution in [0.3, 0.4) is 0 Å². The van der Waals surface area contributed by atoms with E-state index in [1.54, 1.807) is 0 Å². The molecule has 3 heteroatoms. The van der Waals surface area contributed by atoms with E-state index in [1.807, 2.05) is 11.8 Å². The van der Waals surface area contributed by atoms with E-state index >= 15 is 0 Å². The highest BCUT2D eigenvalue weighted by molar-refractivity contribution is 8.00. The lowest BCUT2D eigenvalue weighted by molar-refractivity contribution is 0.318. The van der Waals surface area contributed by atoms with Gasteiger partial charge in [-0.15, -0.1) is 0 Å². The van der Waals surface area contributed by atoms with Gasteiger partial charge in [-0.25, -0.2) is 4.39 Å². The zero-order valence-electron chi connectivity index (χ0n) is 6.05. The minimum Gasteiger partial charge on any atom is -0.328 e. The fourth-order valence-corrected chi connectivity index (χ4v) is 2.56. The first-order valence-corrected chi connectivity index (χ1v) is 4.83. The van der Waals surface area contributed by atoms with Crippen molar-refractivity contribution < 1.29 is 4.39 Å². The lowest BCUT2D eigenvalue weighted by atomic mass is 10.1. The Morgan fingerprint density at radius 1 is 1.70 bits per heavy atom. The summed E-state index contributed by atoms with van der Waals surface area (Å²) in [6, 6.07) is 0. The minimum atomic E-state index is -0.768. The van der Waals surface area contributed by atoms with E-state index in [0.717, 1.165) is 0 Å². The van der Waals surface area contributed by atoms with Gasteiger partial charge < -0.3 is 5.73 Å². The average molecular weight is 163 g/mol. The van der Waals surface area contributed by atoms with Gasteiger partial charge in [0.2, 0.25) is 0 Å². The van der Waals surface area contributed by atoms with E-state index < -0.39 is 6.17 Å². The number of nitrogens with two attached hydrogens (primary N) is 1. The predicted octanol–water partition coefficient (Wildman–Crippen LogP) is 1.57. The number of thioether (sulfide) groups is 1. The Morgan fingerprint density at radius 2 is 2.50 bits per heavy atom. The molecule has 2 atom stereocenters. The molecular formula is C7H14FNS. The van der Waals surface area contributed by atoms with Gasteiger partial charge in [0.15, 0.2) is 0 Å². The highest BCUT2D eigenvalue weighted by Crippen LogP contribution is 2.29. The van der Waals surface area contributed by atoms with Gasteiger partial charge in [-0.05, 0) is 25.0 Å². The van der Waals surface area contributed by atoms with Crippen LogP contribution in [0.15, 0.2) is 0 Å². The molecule has 1 nitrogen and oxygen atoms in total. The molecule has 1 rings (SSSR count). The summed E-state index contributed by atoms with van der Waals surface area (Å²) >= 11 is 1.89. The molecule has 0 aromatic carbocycles. The Bertz CT molecular complexity index is 93.6. The van der Waals surface area contributed by atoms with E-state index in [0.29, 0.717) is 11.7 Å². The first-order valence-electron chi connectivity index (χ1n) is 3.78. The van der Waals surface area contributed by atoms with Crippen molar-refractivity contribution in [3.05, 3.63) is 0 Å². The van der Waals surface area contributed by atoms with Crippen molar-refractivity contribution in [1.29, 1.82) is 0 Å². The third-order valence-electron chi connectivity index (χ3n) is 1.80. The van der Waals surface area contributed by atoms with Crippen LogP contribution in [0.1, 0.15) is 19.3 Å². The topological polar surface area (TPSA) is 26.0 Å². The molecule has 1 aliphatic rings. The van der Waals surface area contributed by atoms with Gasteiger partial charge in [-0.3, -0.25) is 0 Å². The van der Waals surface area contributed by atoms with Crippen LogP contribution in [0.5, 0.6) is 0 Å². The minimum absolute atomic E-state index is 0.192. The predicted molar refractivity (Wildman–Crippen MR) is 44.0 cm³/mol. The van der Waals surface area contributed by atoms with Crippen molar-refractivity contribution in [2.75, 3.05) is 12.3 Å². The van der Waals surface area contributed by atoms with Crippen LogP contribution < -0.4 is 5.73 Å². The van der Waals surface area contributed by atoms with Crippen molar-refractivity contribution in [2.45, 2.75) is 30.7 Å². The van der Waals surface area contributed by atoms with Crippen LogP contribution in [-0.2, 0) is 0 Å². The fourth-order valence-electron chi connectivity index (χ4n) is 1.21. The van der Waals surface area contributed by atoms with E-state index in [-0.39, 0.29) is 6.54 Å². The maximum absolute atomic E-state index is 12.6. The second-order valence-corrected chi connectivity index (χ2v) is 4.11. The smallest absolute Gasteiger partial charge is 0.113 e. The molecule has 0 aromatic heterocycles. The van der Waals surface area contributed by atoms with Gasteiger partial charge in [-0.1, -0.05) is 0 Å². The highest BCUT2D eigenvalue weighted by Gasteiger charge is 2.19. The summed E-state index contributed by atoms with van der Waals surface area (Å²) in [4.78, 5) is 0. The monoisotopic (exact) mass is 163 g/mol. The van der Waals surface area contributed by atoms with Crippen molar-refractivity contribution in [3.8, 4) is 0 Å². The Kier molecular flexibility index (Phi) is 3.49. The Hall–Kier alpha value is 0.240. The maximum Gasteiger partial charge on any atom is 0.113 e. The second-order valence-electron chi connectivity index (χ2n) is 2.70. The summed E-state index contributed by atoms with van der Waals surface area (Å²) in [5.74, 6) is 1.21. The van der Waals surface area contributed by atoms with Gasteiger partial charge in [-0.2, -0.15) is 11.8 Å². The summed E-state index contributed by atoms with van der Waals surface area (Å²) in [5.41, 5.74) is 5.17. The zero-order chi connectivity index (χ0) is 7.40. The van der Waals surface area contributed by atoms with Gasteiger partial charge in [0, 0.05) is 11.8 Å². The van der Waals surface area contributed by atoms with Crippen LogP contribution in [-0.4, -0.2) is 23.7 Å². The van der Waals surface area contributed by atoms with Crippen molar-refractivity contribution in [2.24, 2.45) is 5.73 Å². The van der Waals surface area contributed by atoms with E-state index in [9.17, 15) is 4.39 Å². The molecule has 1 heterocycles. The number of rotatable bonds is 3. The molecule has 0 saturated carbocycles. The summed E-state index contributed by atoms with van der Waals surface area (Å²) in [7, 11) is 0.